The zero-order valence-corrected chi connectivity index (χ0v) is 13.7. The molecule has 6 heteroatoms. The molecule has 2 aliphatic heterocycles. The summed E-state index contributed by atoms with van der Waals surface area (Å²) in [6.45, 7) is 8.29. The van der Waals surface area contributed by atoms with Crippen LogP contribution in [0.15, 0.2) is 0 Å². The smallest absolute Gasteiger partial charge is 0.210 e. The molecule has 20 heavy (non-hydrogen) atoms. The van der Waals surface area contributed by atoms with Crippen LogP contribution in [0, 0.1) is 0 Å². The Labute approximate surface area is 122 Å². The molecule has 0 spiro atoms. The van der Waals surface area contributed by atoms with Crippen LogP contribution in [-0.4, -0.2) is 54.4 Å². The van der Waals surface area contributed by atoms with E-state index in [1.165, 1.54) is 0 Å². The van der Waals surface area contributed by atoms with Crippen molar-refractivity contribution in [2.45, 2.75) is 70.1 Å². The molecule has 0 radical (unpaired) electrons. The number of carbonyl (C=O) groups excluding carboxylic acids is 1. The molecule has 1 amide bonds. The zero-order valence-electron chi connectivity index (χ0n) is 12.8. The molecule has 2 saturated heterocycles. The fourth-order valence-corrected chi connectivity index (χ4v) is 5.64. The lowest BCUT2D eigenvalue weighted by atomic mass is 9.77. The standard InChI is InChI=1S/C14H26N2O3S/c1-13(2)7-12(8-14(3,4)16(13)10-17)15-11-5-6-20(18,19)9-11/h10-12,15H,5-9H2,1-4H3. The molecule has 1 N–H and O–H groups in total. The predicted molar refractivity (Wildman–Crippen MR) is 79.3 cm³/mol. The molecule has 0 saturated carbocycles. The minimum Gasteiger partial charge on any atom is -0.335 e. The Kier molecular flexibility index (Phi) is 3.93. The van der Waals surface area contributed by atoms with E-state index in [1.54, 1.807) is 0 Å². The summed E-state index contributed by atoms with van der Waals surface area (Å²) < 4.78 is 23.1. The summed E-state index contributed by atoms with van der Waals surface area (Å²) in [5, 5.41) is 3.51. The van der Waals surface area contributed by atoms with Gasteiger partial charge in [0.2, 0.25) is 6.41 Å². The molecule has 2 aliphatic rings. The number of sulfone groups is 1. The van der Waals surface area contributed by atoms with Gasteiger partial charge in [0.15, 0.2) is 9.84 Å². The van der Waals surface area contributed by atoms with Gasteiger partial charge in [-0.05, 0) is 47.0 Å². The first kappa shape index (κ1) is 15.8. The third-order valence-corrected chi connectivity index (χ3v) is 6.37. The monoisotopic (exact) mass is 302 g/mol. The maximum absolute atomic E-state index is 11.5. The van der Waals surface area contributed by atoms with E-state index >= 15 is 0 Å². The van der Waals surface area contributed by atoms with Crippen LogP contribution in [0.5, 0.6) is 0 Å². The highest BCUT2D eigenvalue weighted by Gasteiger charge is 2.45. The van der Waals surface area contributed by atoms with Gasteiger partial charge in [-0.3, -0.25) is 4.79 Å². The van der Waals surface area contributed by atoms with Crippen LogP contribution in [0.2, 0.25) is 0 Å². The van der Waals surface area contributed by atoms with Gasteiger partial charge in [-0.2, -0.15) is 0 Å². The molecule has 0 aromatic heterocycles. The second-order valence-corrected chi connectivity index (χ2v) is 9.70. The Morgan fingerprint density at radius 3 is 2.05 bits per heavy atom. The van der Waals surface area contributed by atoms with Gasteiger partial charge < -0.3 is 10.2 Å². The van der Waals surface area contributed by atoms with E-state index in [0.29, 0.717) is 12.2 Å². The van der Waals surface area contributed by atoms with E-state index in [2.05, 4.69) is 33.0 Å². The van der Waals surface area contributed by atoms with E-state index < -0.39 is 9.84 Å². The van der Waals surface area contributed by atoms with Crippen molar-refractivity contribution in [3.05, 3.63) is 0 Å². The normalized spacial score (nSPS) is 32.2. The highest BCUT2D eigenvalue weighted by Crippen LogP contribution is 2.37. The van der Waals surface area contributed by atoms with Crippen molar-refractivity contribution in [2.75, 3.05) is 11.5 Å². The molecule has 2 rings (SSSR count). The molecule has 116 valence electrons. The van der Waals surface area contributed by atoms with Crippen LogP contribution < -0.4 is 5.32 Å². The van der Waals surface area contributed by atoms with Crippen LogP contribution in [0.1, 0.15) is 47.0 Å². The molecule has 0 bridgehead atoms. The van der Waals surface area contributed by atoms with Crippen molar-refractivity contribution in [1.82, 2.24) is 10.2 Å². The average Bonchev–Trinajstić information content (AvgIpc) is 2.54. The van der Waals surface area contributed by atoms with Crippen LogP contribution in [-0.2, 0) is 14.6 Å². The summed E-state index contributed by atoms with van der Waals surface area (Å²) >= 11 is 0. The Balaban J connectivity index is 2.06. The summed E-state index contributed by atoms with van der Waals surface area (Å²) in [4.78, 5) is 13.2. The third-order valence-electron chi connectivity index (χ3n) is 4.61. The Morgan fingerprint density at radius 1 is 1.10 bits per heavy atom. The quantitative estimate of drug-likeness (QED) is 0.788. The summed E-state index contributed by atoms with van der Waals surface area (Å²) in [5.74, 6) is 0.548. The van der Waals surface area contributed by atoms with Crippen molar-refractivity contribution >= 4 is 16.2 Å². The number of nitrogens with one attached hydrogen (secondary N) is 1. The Hall–Kier alpha value is -0.620. The average molecular weight is 302 g/mol. The molecule has 2 heterocycles. The van der Waals surface area contributed by atoms with Crippen LogP contribution in [0.4, 0.5) is 0 Å². The topological polar surface area (TPSA) is 66.5 Å². The highest BCUT2D eigenvalue weighted by molar-refractivity contribution is 7.91. The number of hydrogen-bond acceptors (Lipinski definition) is 4. The van der Waals surface area contributed by atoms with Gasteiger partial charge in [-0.15, -0.1) is 0 Å². The van der Waals surface area contributed by atoms with Gasteiger partial charge in [-0.1, -0.05) is 0 Å². The van der Waals surface area contributed by atoms with Gasteiger partial charge >= 0.3 is 0 Å². The molecule has 0 aliphatic carbocycles. The molecular weight excluding hydrogens is 276 g/mol. The zero-order chi connectivity index (χ0) is 15.2. The molecule has 1 unspecified atom stereocenters. The maximum atomic E-state index is 11.5. The Morgan fingerprint density at radius 2 is 1.65 bits per heavy atom. The second kappa shape index (κ2) is 4.98. The third kappa shape index (κ3) is 3.17. The maximum Gasteiger partial charge on any atom is 0.210 e. The van der Waals surface area contributed by atoms with Crippen molar-refractivity contribution in [1.29, 1.82) is 0 Å². The van der Waals surface area contributed by atoms with Gasteiger partial charge in [0, 0.05) is 23.2 Å². The van der Waals surface area contributed by atoms with Crippen molar-refractivity contribution in [3.63, 3.8) is 0 Å². The van der Waals surface area contributed by atoms with Crippen LogP contribution >= 0.6 is 0 Å². The van der Waals surface area contributed by atoms with Crippen LogP contribution in [0.3, 0.4) is 0 Å². The predicted octanol–water partition coefficient (Wildman–Crippen LogP) is 0.941. The van der Waals surface area contributed by atoms with Gasteiger partial charge in [0.25, 0.3) is 0 Å². The number of nitrogens with zero attached hydrogens (tertiary/aromatic N) is 1. The fraction of sp³-hybridized carbons (Fsp3) is 0.929. The first-order valence-electron chi connectivity index (χ1n) is 7.27. The SMILES string of the molecule is CC1(C)CC(NC2CCS(=O)(=O)C2)CC(C)(C)N1C=O. The molecule has 0 aromatic rings. The molecule has 5 nitrogen and oxygen atoms in total. The van der Waals surface area contributed by atoms with E-state index in [4.69, 9.17) is 0 Å². The molecular formula is C14H26N2O3S. The fourth-order valence-electron chi connectivity index (χ4n) is 3.96. The lowest BCUT2D eigenvalue weighted by molar-refractivity contribution is -0.135. The first-order chi connectivity index (χ1) is 9.06. The molecule has 0 aromatic carbocycles. The van der Waals surface area contributed by atoms with Gasteiger partial charge in [0.05, 0.1) is 11.5 Å². The first-order valence-corrected chi connectivity index (χ1v) is 9.09. The summed E-state index contributed by atoms with van der Waals surface area (Å²) in [6.07, 6.45) is 3.35. The van der Waals surface area contributed by atoms with Gasteiger partial charge in [-0.25, -0.2) is 8.42 Å². The second-order valence-electron chi connectivity index (χ2n) is 7.47. The van der Waals surface area contributed by atoms with E-state index in [9.17, 15) is 13.2 Å². The molecule has 1 atom stereocenters. The number of amides is 1. The number of carbonyl (C=O) groups is 1. The van der Waals surface area contributed by atoms with Crippen molar-refractivity contribution < 1.29 is 13.2 Å². The van der Waals surface area contributed by atoms with E-state index in [-0.39, 0.29) is 28.9 Å². The summed E-state index contributed by atoms with van der Waals surface area (Å²) in [5.41, 5.74) is -0.419. The molecule has 2 fully saturated rings. The van der Waals surface area contributed by atoms with E-state index in [1.807, 2.05) is 4.90 Å². The number of piperidine rings is 1. The van der Waals surface area contributed by atoms with Crippen molar-refractivity contribution in [3.8, 4) is 0 Å². The Bertz CT molecular complexity index is 467. The summed E-state index contributed by atoms with van der Waals surface area (Å²) in [6, 6.07) is 0.328. The number of likely N-dealkylation sites (tertiary alicyclic amines) is 1. The van der Waals surface area contributed by atoms with Crippen molar-refractivity contribution in [2.24, 2.45) is 0 Å². The number of hydrogen-bond donors (Lipinski definition) is 1. The highest BCUT2D eigenvalue weighted by atomic mass is 32.2. The largest absolute Gasteiger partial charge is 0.335 e. The lowest BCUT2D eigenvalue weighted by Crippen LogP contribution is -2.64. The minimum absolute atomic E-state index is 0.0689. The summed E-state index contributed by atoms with van der Waals surface area (Å²) in [7, 11) is -2.85. The van der Waals surface area contributed by atoms with Crippen LogP contribution in [0.25, 0.3) is 0 Å². The lowest BCUT2D eigenvalue weighted by Gasteiger charge is -2.54. The number of rotatable bonds is 3. The minimum atomic E-state index is -2.85. The van der Waals surface area contributed by atoms with E-state index in [0.717, 1.165) is 19.3 Å². The van der Waals surface area contributed by atoms with Gasteiger partial charge in [0.1, 0.15) is 0 Å².